The number of nitrogens with two attached hydrogens (primary N) is 2. The molecule has 1 fully saturated rings. The molecule has 0 spiro atoms. The van der Waals surface area contributed by atoms with Gasteiger partial charge in [0.25, 0.3) is 0 Å². The van der Waals surface area contributed by atoms with Crippen LogP contribution in [0.25, 0.3) is 0 Å². The molecule has 0 aliphatic carbocycles. The number of carbonyl (C=O) groups excluding carboxylic acids is 1. The zero-order chi connectivity index (χ0) is 22.1. The third-order valence-corrected chi connectivity index (χ3v) is 6.78. The first-order chi connectivity index (χ1) is 14.3. The molecule has 0 aromatic rings. The van der Waals surface area contributed by atoms with Gasteiger partial charge in [0.15, 0.2) is 0 Å². The molecule has 8 heteroatoms. The summed E-state index contributed by atoms with van der Waals surface area (Å²) in [5.74, 6) is -0.690. The summed E-state index contributed by atoms with van der Waals surface area (Å²) in [6.45, 7) is 8.51. The minimum absolute atomic E-state index is 0.0170. The lowest BCUT2D eigenvalue weighted by Crippen LogP contribution is -2.60. The van der Waals surface area contributed by atoms with Gasteiger partial charge in [0.1, 0.15) is 0 Å². The molecule has 6 N–H and O–H groups in total. The van der Waals surface area contributed by atoms with E-state index < -0.39 is 12.1 Å². The van der Waals surface area contributed by atoms with Gasteiger partial charge in [-0.25, -0.2) is 0 Å². The van der Waals surface area contributed by atoms with Gasteiger partial charge in [0.2, 0.25) is 5.91 Å². The highest BCUT2D eigenvalue weighted by Crippen LogP contribution is 2.38. The van der Waals surface area contributed by atoms with Crippen molar-refractivity contribution < 1.29 is 9.53 Å². The van der Waals surface area contributed by atoms with Crippen LogP contribution in [0.3, 0.4) is 0 Å². The molecule has 0 aromatic carbocycles. The molecule has 0 saturated carbocycles. The largest absolute Gasteiger partial charge is 0.376 e. The van der Waals surface area contributed by atoms with Crippen molar-refractivity contribution in [3.05, 3.63) is 0 Å². The summed E-state index contributed by atoms with van der Waals surface area (Å²) in [4.78, 5) is 18.1. The number of carbonyl (C=O) groups is 1. The summed E-state index contributed by atoms with van der Waals surface area (Å²) < 4.78 is 5.83. The quantitative estimate of drug-likeness (QED) is 0.437. The lowest BCUT2D eigenvalue weighted by atomic mass is 9.72. The van der Waals surface area contributed by atoms with Crippen LogP contribution < -0.4 is 22.1 Å². The number of nitrogens with one attached hydrogen (secondary N) is 2. The predicted molar refractivity (Wildman–Crippen MR) is 119 cm³/mol. The first kappa shape index (κ1) is 24.7. The van der Waals surface area contributed by atoms with Crippen molar-refractivity contribution in [3.63, 3.8) is 0 Å². The van der Waals surface area contributed by atoms with E-state index in [-0.39, 0.29) is 35.4 Å². The summed E-state index contributed by atoms with van der Waals surface area (Å²) in [5, 5.41) is 15.6. The average Bonchev–Trinajstić information content (AvgIpc) is 2.70. The van der Waals surface area contributed by atoms with Crippen molar-refractivity contribution in [2.45, 2.75) is 83.6 Å². The van der Waals surface area contributed by atoms with Gasteiger partial charge in [-0.3, -0.25) is 9.79 Å². The van der Waals surface area contributed by atoms with E-state index in [1.54, 1.807) is 0 Å². The number of nitrogens with zero attached hydrogens (tertiary/aromatic N) is 2. The number of hydrogen-bond donors (Lipinski definition) is 4. The number of piperidine rings is 1. The summed E-state index contributed by atoms with van der Waals surface area (Å²) in [6.07, 6.45) is 5.97. The second-order valence-corrected chi connectivity index (χ2v) is 9.10. The molecule has 2 heterocycles. The summed E-state index contributed by atoms with van der Waals surface area (Å²) >= 11 is 0. The maximum atomic E-state index is 13.3. The molecule has 1 amide bonds. The fourth-order valence-electron chi connectivity index (χ4n) is 4.59. The Bertz CT molecular complexity index is 617. The third kappa shape index (κ3) is 6.74. The van der Waals surface area contributed by atoms with Gasteiger partial charge < -0.3 is 26.8 Å². The molecule has 8 nitrogen and oxygen atoms in total. The van der Waals surface area contributed by atoms with Crippen LogP contribution in [-0.4, -0.2) is 56.2 Å². The highest BCUT2D eigenvalue weighted by atomic mass is 16.5. The Morgan fingerprint density at radius 2 is 2.20 bits per heavy atom. The summed E-state index contributed by atoms with van der Waals surface area (Å²) in [5.41, 5.74) is 12.3. The van der Waals surface area contributed by atoms with Crippen LogP contribution >= 0.6 is 0 Å². The molecule has 2 aliphatic heterocycles. The number of ether oxygens (including phenoxy) is 1. The van der Waals surface area contributed by atoms with Gasteiger partial charge >= 0.3 is 0 Å². The molecule has 0 radical (unpaired) electrons. The zero-order valence-corrected chi connectivity index (χ0v) is 18.8. The van der Waals surface area contributed by atoms with Crippen LogP contribution in [0.15, 0.2) is 4.99 Å². The van der Waals surface area contributed by atoms with Crippen LogP contribution in [0.1, 0.15) is 59.3 Å². The number of rotatable bonds is 8. The minimum Gasteiger partial charge on any atom is -0.376 e. The summed E-state index contributed by atoms with van der Waals surface area (Å²) in [7, 11) is 0. The number of hydrogen-bond acceptors (Lipinski definition) is 7. The first-order valence-electron chi connectivity index (χ1n) is 11.4. The maximum absolute atomic E-state index is 13.3. The van der Waals surface area contributed by atoms with Crippen LogP contribution in [0.4, 0.5) is 0 Å². The Morgan fingerprint density at radius 3 is 2.83 bits per heavy atom. The fraction of sp³-hybridized carbons (Fsp3) is 0.864. The Labute approximate surface area is 181 Å². The van der Waals surface area contributed by atoms with Crippen molar-refractivity contribution in [1.82, 2.24) is 10.6 Å². The van der Waals surface area contributed by atoms with Gasteiger partial charge in [0, 0.05) is 31.7 Å². The van der Waals surface area contributed by atoms with Crippen LogP contribution in [0.5, 0.6) is 0 Å². The number of aliphatic imine (C=N–C) groups is 1. The highest BCUT2D eigenvalue weighted by molar-refractivity contribution is 5.81. The molecule has 2 aliphatic rings. The van der Waals surface area contributed by atoms with E-state index in [0.29, 0.717) is 19.6 Å². The highest BCUT2D eigenvalue weighted by Gasteiger charge is 2.39. The normalized spacial score (nSPS) is 33.4. The average molecular weight is 421 g/mol. The topological polar surface area (TPSA) is 139 Å². The van der Waals surface area contributed by atoms with E-state index in [9.17, 15) is 4.79 Å². The van der Waals surface area contributed by atoms with E-state index >= 15 is 0 Å². The van der Waals surface area contributed by atoms with E-state index in [4.69, 9.17) is 26.5 Å². The van der Waals surface area contributed by atoms with Crippen LogP contribution in [-0.2, 0) is 9.53 Å². The molecule has 2 rings (SSSR count). The van der Waals surface area contributed by atoms with Gasteiger partial charge in [-0.1, -0.05) is 20.3 Å². The lowest BCUT2D eigenvalue weighted by Gasteiger charge is -2.38. The molecular weight excluding hydrogens is 380 g/mol. The van der Waals surface area contributed by atoms with Gasteiger partial charge in [-0.05, 0) is 44.6 Å². The Morgan fingerprint density at radius 1 is 1.43 bits per heavy atom. The zero-order valence-electron chi connectivity index (χ0n) is 18.8. The van der Waals surface area contributed by atoms with Gasteiger partial charge in [0.05, 0.1) is 36.3 Å². The van der Waals surface area contributed by atoms with E-state index in [1.807, 2.05) is 13.1 Å². The lowest BCUT2D eigenvalue weighted by molar-refractivity contribution is -0.129. The molecule has 6 atom stereocenters. The van der Waals surface area contributed by atoms with Gasteiger partial charge in [-0.15, -0.1) is 0 Å². The van der Waals surface area contributed by atoms with Crippen molar-refractivity contribution in [2.75, 3.05) is 19.7 Å². The fourth-order valence-corrected chi connectivity index (χ4v) is 4.59. The first-order valence-corrected chi connectivity index (χ1v) is 11.4. The molecule has 0 aromatic heterocycles. The smallest absolute Gasteiger partial charge is 0.228 e. The standard InChI is InChI=1S/C22H40N6O2/c1-4-22(3)9-6-15(7-10-23)13-27-16(12-22)19(20(24)25)21(29)28-17-14-26-11-8-18(17)30-5-2/h13,15-20,26H,4-9,11-12,14,24-25H2,1-3H3,(H,28,29)/t15?,16?,17?,18?,19?,22-/m1/s1. The van der Waals surface area contributed by atoms with Crippen molar-refractivity contribution in [1.29, 1.82) is 5.26 Å². The molecule has 30 heavy (non-hydrogen) atoms. The van der Waals surface area contributed by atoms with Crippen molar-refractivity contribution in [2.24, 2.45) is 33.7 Å². The Kier molecular flexibility index (Phi) is 9.69. The van der Waals surface area contributed by atoms with E-state index in [2.05, 4.69) is 30.6 Å². The van der Waals surface area contributed by atoms with Crippen LogP contribution in [0, 0.1) is 28.6 Å². The van der Waals surface area contributed by atoms with Crippen molar-refractivity contribution >= 4 is 12.1 Å². The Balaban J connectivity index is 2.22. The molecule has 170 valence electrons. The SMILES string of the molecule is CCOC1CCNCC1NC(=O)C(C(N)N)C1C[C@](C)(CC)CCC(CC#N)C=N1. The monoisotopic (exact) mass is 420 g/mol. The molecule has 1 saturated heterocycles. The number of nitriles is 1. The molecule has 5 unspecified atom stereocenters. The second kappa shape index (κ2) is 11.8. The van der Waals surface area contributed by atoms with Crippen molar-refractivity contribution in [3.8, 4) is 6.07 Å². The maximum Gasteiger partial charge on any atom is 0.228 e. The number of amides is 1. The molecule has 0 bridgehead atoms. The van der Waals surface area contributed by atoms with E-state index in [1.165, 1.54) is 0 Å². The summed E-state index contributed by atoms with van der Waals surface area (Å²) in [6, 6.07) is 1.83. The molecular formula is C22H40N6O2. The van der Waals surface area contributed by atoms with E-state index in [0.717, 1.165) is 38.6 Å². The minimum atomic E-state index is -0.816. The second-order valence-electron chi connectivity index (χ2n) is 9.10. The van der Waals surface area contributed by atoms with Crippen LogP contribution in [0.2, 0.25) is 0 Å². The van der Waals surface area contributed by atoms with Gasteiger partial charge in [-0.2, -0.15) is 5.26 Å². The predicted octanol–water partition coefficient (Wildman–Crippen LogP) is 1.30. The third-order valence-electron chi connectivity index (χ3n) is 6.78. The Hall–Kier alpha value is -1.53.